The summed E-state index contributed by atoms with van der Waals surface area (Å²) >= 11 is 0. The lowest BCUT2D eigenvalue weighted by molar-refractivity contribution is -0.177. The van der Waals surface area contributed by atoms with E-state index in [1.165, 1.54) is 0 Å². The average Bonchev–Trinajstić information content (AvgIpc) is 2.63. The molecule has 0 saturated carbocycles. The van der Waals surface area contributed by atoms with E-state index in [-0.39, 0.29) is 18.5 Å². The zero-order chi connectivity index (χ0) is 12.2. The molecule has 1 heterocycles. The molecule has 0 aliphatic carbocycles. The second-order valence-corrected chi connectivity index (χ2v) is 3.17. The number of nitrogens with one attached hydrogen (secondary N) is 1. The number of aromatic nitrogens is 2. The Labute approximate surface area is 90.0 Å². The molecule has 0 aromatic carbocycles. The predicted molar refractivity (Wildman–Crippen MR) is 47.5 cm³/mol. The van der Waals surface area contributed by atoms with Crippen molar-refractivity contribution in [2.75, 3.05) is 13.7 Å². The predicted octanol–water partition coefficient (Wildman–Crippen LogP) is 1.43. The van der Waals surface area contributed by atoms with Gasteiger partial charge in [0.05, 0.1) is 6.04 Å². The number of hydrogen-bond acceptors (Lipinski definition) is 5. The van der Waals surface area contributed by atoms with Crippen LogP contribution in [0.5, 0.6) is 0 Å². The lowest BCUT2D eigenvalue weighted by Crippen LogP contribution is -2.17. The molecule has 0 radical (unpaired) electrons. The van der Waals surface area contributed by atoms with Crippen molar-refractivity contribution in [2.24, 2.45) is 0 Å². The van der Waals surface area contributed by atoms with E-state index in [2.05, 4.69) is 20.2 Å². The summed E-state index contributed by atoms with van der Waals surface area (Å²) in [7, 11) is 1.70. The Bertz CT molecular complexity index is 327. The molecular formula is C8H12F3N3O2. The van der Waals surface area contributed by atoms with Crippen molar-refractivity contribution in [2.45, 2.75) is 25.7 Å². The van der Waals surface area contributed by atoms with Crippen LogP contribution < -0.4 is 5.32 Å². The van der Waals surface area contributed by atoms with Gasteiger partial charge in [0.1, 0.15) is 13.2 Å². The van der Waals surface area contributed by atoms with Crippen molar-refractivity contribution in [3.8, 4) is 0 Å². The zero-order valence-electron chi connectivity index (χ0n) is 8.84. The Morgan fingerprint density at radius 3 is 2.75 bits per heavy atom. The number of rotatable bonds is 5. The van der Waals surface area contributed by atoms with Crippen LogP contribution >= 0.6 is 0 Å². The molecule has 0 spiro atoms. The van der Waals surface area contributed by atoms with Gasteiger partial charge < -0.3 is 14.6 Å². The Morgan fingerprint density at radius 1 is 1.50 bits per heavy atom. The molecule has 0 saturated heterocycles. The van der Waals surface area contributed by atoms with Crippen LogP contribution in [-0.4, -0.2) is 30.0 Å². The Balaban J connectivity index is 2.41. The maximum atomic E-state index is 11.7. The minimum absolute atomic E-state index is 0.0985. The van der Waals surface area contributed by atoms with E-state index < -0.39 is 12.8 Å². The maximum Gasteiger partial charge on any atom is 0.411 e. The van der Waals surface area contributed by atoms with Gasteiger partial charge in [-0.05, 0) is 14.0 Å². The van der Waals surface area contributed by atoms with Gasteiger partial charge in [-0.2, -0.15) is 18.2 Å². The normalized spacial score (nSPS) is 14.1. The monoisotopic (exact) mass is 239 g/mol. The van der Waals surface area contributed by atoms with Crippen molar-refractivity contribution in [3.63, 3.8) is 0 Å². The highest BCUT2D eigenvalue weighted by Crippen LogP contribution is 2.15. The molecular weight excluding hydrogens is 227 g/mol. The fourth-order valence-corrected chi connectivity index (χ4v) is 0.884. The van der Waals surface area contributed by atoms with Gasteiger partial charge in [0, 0.05) is 0 Å². The van der Waals surface area contributed by atoms with Gasteiger partial charge in [-0.25, -0.2) is 0 Å². The smallest absolute Gasteiger partial charge is 0.364 e. The van der Waals surface area contributed by atoms with Crippen molar-refractivity contribution >= 4 is 0 Å². The third kappa shape index (κ3) is 4.15. The maximum absolute atomic E-state index is 11.7. The van der Waals surface area contributed by atoms with Crippen LogP contribution in [0.25, 0.3) is 0 Å². The molecule has 0 aliphatic heterocycles. The first-order valence-electron chi connectivity index (χ1n) is 4.56. The third-order valence-corrected chi connectivity index (χ3v) is 1.78. The quantitative estimate of drug-likeness (QED) is 0.842. The van der Waals surface area contributed by atoms with E-state index in [4.69, 9.17) is 4.52 Å². The van der Waals surface area contributed by atoms with Crippen LogP contribution in [0.15, 0.2) is 4.52 Å². The molecule has 1 N–H and O–H groups in total. The lowest BCUT2D eigenvalue weighted by Gasteiger charge is -2.04. The highest BCUT2D eigenvalue weighted by atomic mass is 19.4. The van der Waals surface area contributed by atoms with E-state index >= 15 is 0 Å². The van der Waals surface area contributed by atoms with E-state index in [1.54, 1.807) is 14.0 Å². The SMILES string of the molecule is CNC(C)c1nc(COCC(F)(F)F)no1. The molecule has 92 valence electrons. The van der Waals surface area contributed by atoms with Crippen LogP contribution in [-0.2, 0) is 11.3 Å². The second kappa shape index (κ2) is 5.26. The number of ether oxygens (including phenoxy) is 1. The van der Waals surface area contributed by atoms with Crippen molar-refractivity contribution in [1.29, 1.82) is 0 Å². The lowest BCUT2D eigenvalue weighted by atomic mass is 10.3. The van der Waals surface area contributed by atoms with E-state index in [0.717, 1.165) is 0 Å². The molecule has 0 amide bonds. The van der Waals surface area contributed by atoms with Gasteiger partial charge in [0.25, 0.3) is 0 Å². The molecule has 1 aromatic heterocycles. The van der Waals surface area contributed by atoms with Gasteiger partial charge in [-0.15, -0.1) is 0 Å². The first kappa shape index (κ1) is 12.9. The fraction of sp³-hybridized carbons (Fsp3) is 0.750. The largest absolute Gasteiger partial charge is 0.411 e. The zero-order valence-corrected chi connectivity index (χ0v) is 8.84. The Kier molecular flexibility index (Phi) is 4.25. The number of hydrogen-bond donors (Lipinski definition) is 1. The van der Waals surface area contributed by atoms with Crippen LogP contribution in [0, 0.1) is 0 Å². The molecule has 1 unspecified atom stereocenters. The molecule has 0 aliphatic rings. The molecule has 1 atom stereocenters. The molecule has 8 heteroatoms. The van der Waals surface area contributed by atoms with Gasteiger partial charge in [-0.1, -0.05) is 5.16 Å². The standard InChI is InChI=1S/C8H12F3N3O2/c1-5(12-2)7-13-6(14-16-7)3-15-4-8(9,10)11/h5,12H,3-4H2,1-2H3. The summed E-state index contributed by atoms with van der Waals surface area (Å²) in [5, 5.41) is 6.34. The van der Waals surface area contributed by atoms with Crippen molar-refractivity contribution in [3.05, 3.63) is 11.7 Å². The topological polar surface area (TPSA) is 60.2 Å². The molecule has 1 rings (SSSR count). The summed E-state index contributed by atoms with van der Waals surface area (Å²) in [5.74, 6) is 0.412. The highest BCUT2D eigenvalue weighted by molar-refractivity contribution is 4.89. The molecule has 1 aromatic rings. The number of halogens is 3. The van der Waals surface area contributed by atoms with E-state index in [0.29, 0.717) is 5.89 Å². The van der Waals surface area contributed by atoms with Gasteiger partial charge in [-0.3, -0.25) is 0 Å². The van der Waals surface area contributed by atoms with Gasteiger partial charge in [0.15, 0.2) is 5.82 Å². The summed E-state index contributed by atoms with van der Waals surface area (Å²) in [6.07, 6.45) is -4.34. The minimum atomic E-state index is -4.34. The van der Waals surface area contributed by atoms with Crippen LogP contribution in [0.4, 0.5) is 13.2 Å². The first-order chi connectivity index (χ1) is 7.42. The summed E-state index contributed by atoms with van der Waals surface area (Å²) < 4.78 is 44.4. The molecule has 5 nitrogen and oxygen atoms in total. The van der Waals surface area contributed by atoms with E-state index in [1.807, 2.05) is 0 Å². The van der Waals surface area contributed by atoms with Crippen LogP contribution in [0.3, 0.4) is 0 Å². The van der Waals surface area contributed by atoms with Crippen LogP contribution in [0.1, 0.15) is 24.7 Å². The van der Waals surface area contributed by atoms with Crippen LogP contribution in [0.2, 0.25) is 0 Å². The fourth-order valence-electron chi connectivity index (χ4n) is 0.884. The number of nitrogens with zero attached hydrogens (tertiary/aromatic N) is 2. The first-order valence-corrected chi connectivity index (χ1v) is 4.56. The molecule has 16 heavy (non-hydrogen) atoms. The highest BCUT2D eigenvalue weighted by Gasteiger charge is 2.27. The van der Waals surface area contributed by atoms with Crippen molar-refractivity contribution in [1.82, 2.24) is 15.5 Å². The summed E-state index contributed by atoms with van der Waals surface area (Å²) in [6, 6.07) is -0.149. The minimum Gasteiger partial charge on any atom is -0.364 e. The summed E-state index contributed by atoms with van der Waals surface area (Å²) in [4.78, 5) is 3.87. The van der Waals surface area contributed by atoms with Gasteiger partial charge in [0.2, 0.25) is 5.89 Å². The second-order valence-electron chi connectivity index (χ2n) is 3.17. The summed E-state index contributed by atoms with van der Waals surface area (Å²) in [6.45, 7) is 0.145. The Hall–Kier alpha value is -1.15. The van der Waals surface area contributed by atoms with Gasteiger partial charge >= 0.3 is 6.18 Å². The number of alkyl halides is 3. The summed E-state index contributed by atoms with van der Waals surface area (Å²) in [5.41, 5.74) is 0. The van der Waals surface area contributed by atoms with Crippen molar-refractivity contribution < 1.29 is 22.4 Å². The molecule has 0 fully saturated rings. The Morgan fingerprint density at radius 2 is 2.19 bits per heavy atom. The third-order valence-electron chi connectivity index (χ3n) is 1.78. The average molecular weight is 239 g/mol. The van der Waals surface area contributed by atoms with E-state index in [9.17, 15) is 13.2 Å². The molecule has 0 bridgehead atoms.